The van der Waals surface area contributed by atoms with Crippen LogP contribution in [0, 0.1) is 13.8 Å². The molecule has 7 nitrogen and oxygen atoms in total. The van der Waals surface area contributed by atoms with Gasteiger partial charge in [-0.25, -0.2) is 4.68 Å². The van der Waals surface area contributed by atoms with Gasteiger partial charge in [-0.05, 0) is 43.2 Å². The zero-order valence-electron chi connectivity index (χ0n) is 17.4. The first kappa shape index (κ1) is 20.3. The van der Waals surface area contributed by atoms with E-state index in [0.29, 0.717) is 23.5 Å². The van der Waals surface area contributed by atoms with Gasteiger partial charge in [0.25, 0.3) is 11.7 Å². The molecule has 2 heterocycles. The minimum Gasteiger partial charge on any atom is -0.345 e. The summed E-state index contributed by atoms with van der Waals surface area (Å²) in [6.45, 7) is 4.39. The number of nitrogens with one attached hydrogen (secondary N) is 1. The van der Waals surface area contributed by atoms with Gasteiger partial charge < -0.3 is 5.32 Å². The molecule has 2 aromatic heterocycles. The number of amides is 1. The normalized spacial score (nSPS) is 10.8. The molecule has 0 unspecified atom stereocenters. The lowest BCUT2D eigenvalue weighted by molar-refractivity contribution is -0.117. The number of Topliss-reactive ketones (excluding diaryl/α,β-unsaturated/α-hetero) is 1. The molecule has 0 bridgehead atoms. The summed E-state index contributed by atoms with van der Waals surface area (Å²) < 4.78 is 3.51. The molecule has 2 aromatic carbocycles. The Balaban J connectivity index is 1.49. The average Bonchev–Trinajstić information content (AvgIpc) is 3.40. The number of carbonyl (C=O) groups is 2. The summed E-state index contributed by atoms with van der Waals surface area (Å²) in [4.78, 5) is 25.6. The summed E-state index contributed by atoms with van der Waals surface area (Å²) in [5.41, 5.74) is 4.32. The quantitative estimate of drug-likeness (QED) is 0.373. The molecular weight excluding hydrogens is 390 g/mol. The van der Waals surface area contributed by atoms with Crippen molar-refractivity contribution in [1.29, 1.82) is 0 Å². The molecule has 0 aliphatic rings. The molecule has 0 aliphatic carbocycles. The minimum atomic E-state index is -0.646. The third-order valence-electron chi connectivity index (χ3n) is 5.17. The van der Waals surface area contributed by atoms with Gasteiger partial charge in [0.05, 0.1) is 29.2 Å². The Kier molecular flexibility index (Phi) is 5.75. The van der Waals surface area contributed by atoms with Crippen molar-refractivity contribution in [3.63, 3.8) is 0 Å². The van der Waals surface area contributed by atoms with Crippen LogP contribution in [0.4, 0.5) is 0 Å². The Morgan fingerprint density at radius 2 is 1.65 bits per heavy atom. The van der Waals surface area contributed by atoms with Crippen LogP contribution in [0.5, 0.6) is 0 Å². The van der Waals surface area contributed by atoms with Gasteiger partial charge in [-0.2, -0.15) is 10.2 Å². The second kappa shape index (κ2) is 8.79. The maximum atomic E-state index is 12.9. The Hall–Kier alpha value is -4.00. The lowest BCUT2D eigenvalue weighted by Crippen LogP contribution is -2.31. The van der Waals surface area contributed by atoms with E-state index in [1.165, 1.54) is 0 Å². The fourth-order valence-electron chi connectivity index (χ4n) is 3.61. The van der Waals surface area contributed by atoms with Crippen LogP contribution in [0.3, 0.4) is 0 Å². The molecule has 0 atom stereocenters. The van der Waals surface area contributed by atoms with Crippen LogP contribution in [0.1, 0.15) is 32.9 Å². The fourth-order valence-corrected chi connectivity index (χ4v) is 3.61. The van der Waals surface area contributed by atoms with Crippen LogP contribution >= 0.6 is 0 Å². The number of para-hydroxylation sites is 1. The van der Waals surface area contributed by atoms with Crippen molar-refractivity contribution in [3.05, 3.63) is 101 Å². The van der Waals surface area contributed by atoms with E-state index in [2.05, 4.69) is 15.5 Å². The number of carbonyl (C=O) groups excluding carboxylic acids is 2. The number of rotatable bonds is 7. The summed E-state index contributed by atoms with van der Waals surface area (Å²) in [7, 11) is 0. The van der Waals surface area contributed by atoms with E-state index >= 15 is 0 Å². The zero-order chi connectivity index (χ0) is 21.8. The van der Waals surface area contributed by atoms with Crippen LogP contribution < -0.4 is 5.32 Å². The molecule has 7 heteroatoms. The summed E-state index contributed by atoms with van der Waals surface area (Å²) in [6, 6.07) is 19.2. The minimum absolute atomic E-state index is 0.257. The summed E-state index contributed by atoms with van der Waals surface area (Å²) in [5, 5.41) is 11.5. The van der Waals surface area contributed by atoms with Crippen molar-refractivity contribution in [2.24, 2.45) is 0 Å². The van der Waals surface area contributed by atoms with E-state index in [4.69, 9.17) is 0 Å². The topological polar surface area (TPSA) is 81.8 Å². The summed E-state index contributed by atoms with van der Waals surface area (Å²) in [5.74, 6) is -1.23. The van der Waals surface area contributed by atoms with E-state index in [0.717, 1.165) is 16.8 Å². The van der Waals surface area contributed by atoms with E-state index < -0.39 is 11.7 Å². The van der Waals surface area contributed by atoms with Gasteiger partial charge in [0.2, 0.25) is 0 Å². The molecule has 4 rings (SSSR count). The number of hydrogen-bond donors (Lipinski definition) is 1. The Bertz CT molecular complexity index is 1210. The van der Waals surface area contributed by atoms with Crippen molar-refractivity contribution >= 4 is 11.7 Å². The lowest BCUT2D eigenvalue weighted by Gasteiger charge is -2.11. The number of ketones is 1. The lowest BCUT2D eigenvalue weighted by atomic mass is 10.1. The third kappa shape index (κ3) is 4.30. The Morgan fingerprint density at radius 1 is 0.935 bits per heavy atom. The van der Waals surface area contributed by atoms with Gasteiger partial charge >= 0.3 is 0 Å². The summed E-state index contributed by atoms with van der Waals surface area (Å²) >= 11 is 0. The highest BCUT2D eigenvalue weighted by atomic mass is 16.2. The molecule has 0 fully saturated rings. The molecule has 0 saturated carbocycles. The van der Waals surface area contributed by atoms with Crippen molar-refractivity contribution in [3.8, 4) is 5.69 Å². The van der Waals surface area contributed by atoms with Crippen LogP contribution in [-0.2, 0) is 17.9 Å². The van der Waals surface area contributed by atoms with Crippen molar-refractivity contribution in [1.82, 2.24) is 24.9 Å². The monoisotopic (exact) mass is 413 g/mol. The van der Waals surface area contributed by atoms with E-state index in [9.17, 15) is 9.59 Å². The number of aryl methyl sites for hydroxylation is 1. The Labute approximate surface area is 180 Å². The van der Waals surface area contributed by atoms with Gasteiger partial charge in [-0.3, -0.25) is 14.3 Å². The van der Waals surface area contributed by atoms with E-state index in [-0.39, 0.29) is 6.54 Å². The van der Waals surface area contributed by atoms with Crippen molar-refractivity contribution in [2.45, 2.75) is 26.9 Å². The van der Waals surface area contributed by atoms with Crippen LogP contribution in [0.25, 0.3) is 5.69 Å². The fraction of sp³-hybridized carbons (Fsp3) is 0.167. The third-order valence-corrected chi connectivity index (χ3v) is 5.17. The van der Waals surface area contributed by atoms with Gasteiger partial charge in [0, 0.05) is 18.9 Å². The van der Waals surface area contributed by atoms with E-state index in [1.807, 2.05) is 71.5 Å². The Morgan fingerprint density at radius 3 is 2.35 bits per heavy atom. The predicted octanol–water partition coefficient (Wildman–Crippen LogP) is 3.23. The van der Waals surface area contributed by atoms with Gasteiger partial charge in [0.15, 0.2) is 0 Å². The predicted molar refractivity (Wildman–Crippen MR) is 117 cm³/mol. The second-order valence-corrected chi connectivity index (χ2v) is 7.28. The SMILES string of the molecule is Cc1nn(-c2ccccc2)c(C)c1C(=O)C(=O)NCc1ccccc1Cn1cccn1. The van der Waals surface area contributed by atoms with Crippen LogP contribution in [-0.4, -0.2) is 31.3 Å². The van der Waals surface area contributed by atoms with E-state index in [1.54, 1.807) is 24.7 Å². The molecule has 0 spiro atoms. The number of aromatic nitrogens is 4. The second-order valence-electron chi connectivity index (χ2n) is 7.28. The zero-order valence-corrected chi connectivity index (χ0v) is 17.4. The smallest absolute Gasteiger partial charge is 0.292 e. The molecule has 0 radical (unpaired) electrons. The maximum absolute atomic E-state index is 12.9. The number of benzene rings is 2. The van der Waals surface area contributed by atoms with Crippen molar-refractivity contribution in [2.75, 3.05) is 0 Å². The molecule has 31 heavy (non-hydrogen) atoms. The largest absolute Gasteiger partial charge is 0.345 e. The highest BCUT2D eigenvalue weighted by molar-refractivity contribution is 6.43. The van der Waals surface area contributed by atoms with Gasteiger partial charge in [0.1, 0.15) is 0 Å². The molecular formula is C24H23N5O2. The molecule has 4 aromatic rings. The van der Waals surface area contributed by atoms with Crippen LogP contribution in [0.2, 0.25) is 0 Å². The summed E-state index contributed by atoms with van der Waals surface area (Å²) in [6.07, 6.45) is 3.61. The van der Waals surface area contributed by atoms with Gasteiger partial charge in [-0.15, -0.1) is 0 Å². The average molecular weight is 413 g/mol. The first-order chi connectivity index (χ1) is 15.0. The highest BCUT2D eigenvalue weighted by Crippen LogP contribution is 2.18. The maximum Gasteiger partial charge on any atom is 0.292 e. The molecule has 0 saturated heterocycles. The first-order valence-corrected chi connectivity index (χ1v) is 10.0. The first-order valence-electron chi connectivity index (χ1n) is 10.0. The number of hydrogen-bond acceptors (Lipinski definition) is 4. The van der Waals surface area contributed by atoms with Crippen LogP contribution in [0.15, 0.2) is 73.1 Å². The van der Waals surface area contributed by atoms with Crippen molar-refractivity contribution < 1.29 is 9.59 Å². The standard InChI is InChI=1S/C24H23N5O2/c1-17-22(18(2)29(27-17)21-11-4-3-5-12-21)23(30)24(31)25-15-19-9-6-7-10-20(19)16-28-14-8-13-26-28/h3-14H,15-16H2,1-2H3,(H,25,31). The highest BCUT2D eigenvalue weighted by Gasteiger charge is 2.25. The molecule has 0 aliphatic heterocycles. The molecule has 156 valence electrons. The molecule has 1 N–H and O–H groups in total. The molecule has 1 amide bonds. The number of nitrogens with zero attached hydrogens (tertiary/aromatic N) is 4. The van der Waals surface area contributed by atoms with Gasteiger partial charge in [-0.1, -0.05) is 42.5 Å².